The zero-order valence-corrected chi connectivity index (χ0v) is 9.10. The summed E-state index contributed by atoms with van der Waals surface area (Å²) in [6, 6.07) is 3.57. The van der Waals surface area contributed by atoms with Crippen molar-refractivity contribution in [2.45, 2.75) is 12.5 Å². The number of fused-ring (bicyclic) bond motifs is 1. The lowest BCUT2D eigenvalue weighted by molar-refractivity contribution is 0.114. The Hall–Kier alpha value is -0.250. The Morgan fingerprint density at radius 1 is 1.54 bits per heavy atom. The van der Waals surface area contributed by atoms with Gasteiger partial charge in [0.05, 0.1) is 17.7 Å². The van der Waals surface area contributed by atoms with Crippen molar-refractivity contribution < 1.29 is 9.84 Å². The monoisotopic (exact) mass is 262 g/mol. The molecular weight excluding hydrogens is 255 g/mol. The molecule has 1 N–H and O–H groups in total. The Morgan fingerprint density at radius 3 is 3.00 bits per heavy atom. The van der Waals surface area contributed by atoms with Gasteiger partial charge >= 0.3 is 0 Å². The molecule has 1 heterocycles. The number of rotatable bonds is 0. The van der Waals surface area contributed by atoms with Crippen LogP contribution in [0.5, 0.6) is 5.75 Å². The van der Waals surface area contributed by atoms with Crippen molar-refractivity contribution in [3.8, 4) is 5.75 Å². The van der Waals surface area contributed by atoms with Gasteiger partial charge in [0.2, 0.25) is 0 Å². The van der Waals surface area contributed by atoms with Crippen LogP contribution in [0.2, 0.25) is 5.02 Å². The van der Waals surface area contributed by atoms with Gasteiger partial charge in [-0.2, -0.15) is 0 Å². The van der Waals surface area contributed by atoms with Gasteiger partial charge in [0.1, 0.15) is 5.75 Å². The lowest BCUT2D eigenvalue weighted by Crippen LogP contribution is -2.14. The molecule has 1 aliphatic heterocycles. The summed E-state index contributed by atoms with van der Waals surface area (Å²) in [6.45, 7) is 0.518. The summed E-state index contributed by atoms with van der Waals surface area (Å²) in [6.07, 6.45) is 0.142. The molecule has 0 aromatic heterocycles. The Bertz CT molecular complexity index is 341. The Labute approximate surface area is 89.6 Å². The van der Waals surface area contributed by atoms with E-state index in [1.165, 1.54) is 0 Å². The first-order valence-corrected chi connectivity index (χ1v) is 5.16. The molecule has 2 rings (SSSR count). The van der Waals surface area contributed by atoms with E-state index in [4.69, 9.17) is 16.3 Å². The molecule has 0 saturated carbocycles. The number of hydrogen-bond donors (Lipinski definition) is 1. The van der Waals surface area contributed by atoms with Crippen LogP contribution in [0.3, 0.4) is 0 Å². The second kappa shape index (κ2) is 3.48. The molecule has 0 bridgehead atoms. The number of halogens is 2. The van der Waals surface area contributed by atoms with E-state index in [9.17, 15) is 5.11 Å². The minimum Gasteiger partial charge on any atom is -0.491 e. The summed E-state index contributed by atoms with van der Waals surface area (Å²) in [4.78, 5) is 0. The number of aliphatic hydroxyl groups is 1. The van der Waals surface area contributed by atoms with Gasteiger partial charge in [-0.25, -0.2) is 0 Å². The van der Waals surface area contributed by atoms with Crippen molar-refractivity contribution in [3.63, 3.8) is 0 Å². The fourth-order valence-corrected chi connectivity index (χ4v) is 2.22. The Balaban J connectivity index is 2.60. The van der Waals surface area contributed by atoms with Crippen LogP contribution in [-0.4, -0.2) is 11.7 Å². The zero-order chi connectivity index (χ0) is 9.42. The van der Waals surface area contributed by atoms with E-state index in [-0.39, 0.29) is 0 Å². The highest BCUT2D eigenvalue weighted by Crippen LogP contribution is 2.41. The second-order valence-electron chi connectivity index (χ2n) is 2.92. The minimum absolute atomic E-state index is 0.475. The maximum atomic E-state index is 9.70. The summed E-state index contributed by atoms with van der Waals surface area (Å²) in [5.41, 5.74) is 0.763. The zero-order valence-electron chi connectivity index (χ0n) is 6.76. The van der Waals surface area contributed by atoms with Crippen LogP contribution in [0.15, 0.2) is 16.6 Å². The molecule has 1 aromatic carbocycles. The molecule has 70 valence electrons. The van der Waals surface area contributed by atoms with E-state index >= 15 is 0 Å². The average molecular weight is 264 g/mol. The summed E-state index contributed by atoms with van der Waals surface area (Å²) >= 11 is 9.28. The topological polar surface area (TPSA) is 29.5 Å². The molecular formula is C9H8BrClO2. The van der Waals surface area contributed by atoms with Gasteiger partial charge in [-0.05, 0) is 12.1 Å². The lowest BCUT2D eigenvalue weighted by atomic mass is 10.0. The smallest absolute Gasteiger partial charge is 0.144 e. The fourth-order valence-electron chi connectivity index (χ4n) is 1.42. The molecule has 1 aromatic rings. The van der Waals surface area contributed by atoms with Gasteiger partial charge in [0.15, 0.2) is 0 Å². The summed E-state index contributed by atoms with van der Waals surface area (Å²) in [5.74, 6) is 0.606. The first-order valence-electron chi connectivity index (χ1n) is 3.99. The van der Waals surface area contributed by atoms with E-state index in [0.717, 1.165) is 10.0 Å². The van der Waals surface area contributed by atoms with Crippen LogP contribution < -0.4 is 4.74 Å². The van der Waals surface area contributed by atoms with E-state index in [0.29, 0.717) is 23.8 Å². The maximum Gasteiger partial charge on any atom is 0.144 e. The molecule has 1 unspecified atom stereocenters. The van der Waals surface area contributed by atoms with Crippen LogP contribution >= 0.6 is 27.5 Å². The van der Waals surface area contributed by atoms with Crippen LogP contribution in [0, 0.1) is 0 Å². The largest absolute Gasteiger partial charge is 0.491 e. The fraction of sp³-hybridized carbons (Fsp3) is 0.333. The Kier molecular flexibility index (Phi) is 2.49. The highest BCUT2D eigenvalue weighted by molar-refractivity contribution is 9.10. The Morgan fingerprint density at radius 2 is 2.31 bits per heavy atom. The van der Waals surface area contributed by atoms with Crippen molar-refractivity contribution >= 4 is 27.5 Å². The molecule has 0 fully saturated rings. The first-order chi connectivity index (χ1) is 6.20. The number of benzene rings is 1. The predicted octanol–water partition coefficient (Wildman–Crippen LogP) is 2.92. The number of aliphatic hydroxyl groups excluding tert-OH is 1. The molecule has 0 radical (unpaired) electrons. The summed E-state index contributed by atoms with van der Waals surface area (Å²) in [5, 5.41) is 10.3. The van der Waals surface area contributed by atoms with Gasteiger partial charge in [-0.15, -0.1) is 0 Å². The average Bonchev–Trinajstić information content (AvgIpc) is 2.12. The normalized spacial score (nSPS) is 20.7. The molecule has 1 aliphatic rings. The van der Waals surface area contributed by atoms with E-state index in [1.807, 2.05) is 6.07 Å². The van der Waals surface area contributed by atoms with Crippen LogP contribution in [0.1, 0.15) is 18.1 Å². The molecule has 0 aliphatic carbocycles. The molecule has 2 nitrogen and oxygen atoms in total. The van der Waals surface area contributed by atoms with Gasteiger partial charge in [0, 0.05) is 16.5 Å². The first kappa shape index (κ1) is 9.31. The summed E-state index contributed by atoms with van der Waals surface area (Å²) < 4.78 is 6.23. The predicted molar refractivity (Wildman–Crippen MR) is 54.2 cm³/mol. The molecule has 0 saturated heterocycles. The molecule has 0 spiro atoms. The lowest BCUT2D eigenvalue weighted by Gasteiger charge is -2.23. The minimum atomic E-state index is -0.475. The second-order valence-corrected chi connectivity index (χ2v) is 4.19. The van der Waals surface area contributed by atoms with E-state index in [1.54, 1.807) is 6.07 Å². The molecule has 13 heavy (non-hydrogen) atoms. The SMILES string of the molecule is OC1CCOc2c(Cl)ccc(Br)c21. The van der Waals surface area contributed by atoms with Crippen molar-refractivity contribution in [1.82, 2.24) is 0 Å². The van der Waals surface area contributed by atoms with Crippen molar-refractivity contribution in [3.05, 3.63) is 27.2 Å². The molecule has 0 amide bonds. The third kappa shape index (κ3) is 1.56. The van der Waals surface area contributed by atoms with Crippen molar-refractivity contribution in [1.29, 1.82) is 0 Å². The van der Waals surface area contributed by atoms with Crippen LogP contribution in [0.4, 0.5) is 0 Å². The van der Waals surface area contributed by atoms with Gasteiger partial charge < -0.3 is 9.84 Å². The van der Waals surface area contributed by atoms with Gasteiger partial charge in [-0.3, -0.25) is 0 Å². The van der Waals surface area contributed by atoms with Gasteiger partial charge in [0.25, 0.3) is 0 Å². The standard InChI is InChI=1S/C9H8BrClO2/c10-5-1-2-6(11)9-8(5)7(12)3-4-13-9/h1-2,7,12H,3-4H2. The quantitative estimate of drug-likeness (QED) is 0.780. The van der Waals surface area contributed by atoms with Crippen molar-refractivity contribution in [2.75, 3.05) is 6.61 Å². The molecule has 4 heteroatoms. The van der Waals surface area contributed by atoms with E-state index in [2.05, 4.69) is 15.9 Å². The highest BCUT2D eigenvalue weighted by atomic mass is 79.9. The maximum absolute atomic E-state index is 9.70. The third-order valence-electron chi connectivity index (χ3n) is 2.07. The van der Waals surface area contributed by atoms with Crippen LogP contribution in [0.25, 0.3) is 0 Å². The molecule has 1 atom stereocenters. The number of hydrogen-bond acceptors (Lipinski definition) is 2. The van der Waals surface area contributed by atoms with Crippen molar-refractivity contribution in [2.24, 2.45) is 0 Å². The van der Waals surface area contributed by atoms with E-state index < -0.39 is 6.10 Å². The third-order valence-corrected chi connectivity index (χ3v) is 3.05. The van der Waals surface area contributed by atoms with Crippen LogP contribution in [-0.2, 0) is 0 Å². The summed E-state index contributed by atoms with van der Waals surface area (Å²) in [7, 11) is 0. The highest BCUT2D eigenvalue weighted by Gasteiger charge is 2.23. The number of ether oxygens (including phenoxy) is 1. The van der Waals surface area contributed by atoms with Gasteiger partial charge in [-0.1, -0.05) is 27.5 Å².